The number of alkyl halides is 1. The first-order valence-corrected chi connectivity index (χ1v) is 19.0. The number of allylic oxidation sites excluding steroid dienone is 1. The number of halogens is 29. The van der Waals surface area contributed by atoms with E-state index < -0.39 is 253 Å². The molecule has 7 aromatic carbocycles. The Morgan fingerprint density at radius 2 is 0.392 bits per heavy atom. The second-order valence-corrected chi connectivity index (χ2v) is 15.3. The molecule has 0 aliphatic heterocycles. The third kappa shape index (κ3) is 6.74. The van der Waals surface area contributed by atoms with Gasteiger partial charge >= 0.3 is 0 Å². The summed E-state index contributed by atoms with van der Waals surface area (Å²) in [6.45, 7) is 0.514. The molecule has 0 amide bonds. The largest absolute Gasteiger partial charge is 0.241 e. The fourth-order valence-corrected chi connectivity index (χ4v) is 8.06. The van der Waals surface area contributed by atoms with Gasteiger partial charge in [0.15, 0.2) is 145 Å². The van der Waals surface area contributed by atoms with Gasteiger partial charge in [-0.1, -0.05) is 6.92 Å². The van der Waals surface area contributed by atoms with Crippen molar-refractivity contribution in [3.63, 3.8) is 0 Å². The third-order valence-electron chi connectivity index (χ3n) is 11.5. The molecule has 0 N–H and O–H groups in total. The highest BCUT2D eigenvalue weighted by Gasteiger charge is 2.45. The first-order valence-electron chi connectivity index (χ1n) is 19.0. The van der Waals surface area contributed by atoms with Crippen LogP contribution in [0.25, 0.3) is 72.2 Å². The number of rotatable bonds is 5. The fourth-order valence-electron chi connectivity index (χ4n) is 8.06. The van der Waals surface area contributed by atoms with Crippen molar-refractivity contribution in [2.45, 2.75) is 13.1 Å². The van der Waals surface area contributed by atoms with Gasteiger partial charge in [-0.25, -0.2) is 127 Å². The Bertz CT molecular complexity index is 3680. The molecule has 0 saturated heterocycles. The lowest BCUT2D eigenvalue weighted by Crippen LogP contribution is -2.20. The van der Waals surface area contributed by atoms with E-state index in [2.05, 4.69) is 0 Å². The van der Waals surface area contributed by atoms with Crippen LogP contribution < -0.4 is 0 Å². The Hall–Kier alpha value is -7.49. The van der Waals surface area contributed by atoms with E-state index in [0.29, 0.717) is 6.92 Å². The molecule has 0 fully saturated rings. The van der Waals surface area contributed by atoms with Crippen molar-refractivity contribution in [3.8, 4) is 55.6 Å². The minimum absolute atomic E-state index is 0.514. The van der Waals surface area contributed by atoms with Crippen molar-refractivity contribution in [2.24, 2.45) is 5.92 Å². The van der Waals surface area contributed by atoms with Crippen molar-refractivity contribution < 1.29 is 127 Å². The zero-order valence-corrected chi connectivity index (χ0v) is 34.1. The van der Waals surface area contributed by atoms with Crippen molar-refractivity contribution in [1.82, 2.24) is 0 Å². The summed E-state index contributed by atoms with van der Waals surface area (Å²) in [7, 11) is 0. The molecule has 0 radical (unpaired) electrons. The SMILES string of the molecule is CC1C(F)=C(F)c2c(F)c(-c3c(F)c(F)c(-c4c(F)c(F)c(-c5c(F)c(F)c(-c6c(F)c(F)c(-c7c(F)c(F)c8c(F)c(F)c(F)c(F)c8c7F)c(F)c6F)c(F)c5F)c(F)c4F)c(F)c3F)c(F)c(F)c2C1F. The van der Waals surface area contributed by atoms with E-state index in [1.54, 1.807) is 0 Å². The van der Waals surface area contributed by atoms with Crippen LogP contribution in [0.1, 0.15) is 24.2 Å². The van der Waals surface area contributed by atoms with Crippen LogP contribution in [0.15, 0.2) is 5.83 Å². The van der Waals surface area contributed by atoms with Gasteiger partial charge in [-0.05, 0) is 0 Å². The zero-order valence-electron chi connectivity index (χ0n) is 34.1. The maximum absolute atomic E-state index is 15.7. The van der Waals surface area contributed by atoms with Crippen LogP contribution in [-0.2, 0) is 0 Å². The van der Waals surface area contributed by atoms with E-state index in [1.807, 2.05) is 0 Å². The molecule has 2 atom stereocenters. The topological polar surface area (TPSA) is 0 Å². The van der Waals surface area contributed by atoms with Crippen LogP contribution in [0.2, 0.25) is 0 Å². The van der Waals surface area contributed by atoms with Crippen LogP contribution >= 0.6 is 0 Å². The van der Waals surface area contributed by atoms with Crippen molar-refractivity contribution in [2.75, 3.05) is 0 Å². The van der Waals surface area contributed by atoms with Gasteiger partial charge in [0, 0.05) is 11.5 Å². The molecule has 74 heavy (non-hydrogen) atoms. The Balaban J connectivity index is 1.31. The van der Waals surface area contributed by atoms with Gasteiger partial charge in [0.1, 0.15) is 23.6 Å². The van der Waals surface area contributed by atoms with Gasteiger partial charge < -0.3 is 0 Å². The molecule has 1 aliphatic rings. The van der Waals surface area contributed by atoms with E-state index in [4.69, 9.17) is 0 Å². The molecule has 1 aliphatic carbocycles. The zero-order chi connectivity index (χ0) is 55.4. The number of hydrogen-bond acceptors (Lipinski definition) is 0. The smallest absolute Gasteiger partial charge is 0.198 e. The first kappa shape index (κ1) is 52.8. The summed E-state index contributed by atoms with van der Waals surface area (Å²) in [4.78, 5) is 0. The summed E-state index contributed by atoms with van der Waals surface area (Å²) >= 11 is 0. The van der Waals surface area contributed by atoms with Crippen LogP contribution in [-0.4, -0.2) is 0 Å². The molecule has 0 aromatic heterocycles. The van der Waals surface area contributed by atoms with Crippen molar-refractivity contribution in [1.29, 1.82) is 0 Å². The molecule has 8 rings (SSSR count). The molecular formula is C45H5F29. The van der Waals surface area contributed by atoms with Crippen LogP contribution in [0.3, 0.4) is 0 Å². The summed E-state index contributed by atoms with van der Waals surface area (Å²) in [5.41, 5.74) is -34.2. The lowest BCUT2D eigenvalue weighted by atomic mass is 9.83. The third-order valence-corrected chi connectivity index (χ3v) is 11.5. The average molecular weight is 1100 g/mol. The van der Waals surface area contributed by atoms with Gasteiger partial charge in [-0.15, -0.1) is 0 Å². The minimum atomic E-state index is -3.53. The molecule has 29 heteroatoms. The summed E-state index contributed by atoms with van der Waals surface area (Å²) in [6, 6.07) is 0. The van der Waals surface area contributed by atoms with Crippen LogP contribution in [0.5, 0.6) is 0 Å². The van der Waals surface area contributed by atoms with E-state index in [-0.39, 0.29) is 0 Å². The van der Waals surface area contributed by atoms with E-state index in [1.165, 1.54) is 0 Å². The number of fused-ring (bicyclic) bond motifs is 2. The molecule has 388 valence electrons. The van der Waals surface area contributed by atoms with Gasteiger partial charge in [-0.2, -0.15) is 0 Å². The summed E-state index contributed by atoms with van der Waals surface area (Å²) in [6.07, 6.45) is -3.16. The lowest BCUT2D eigenvalue weighted by Gasteiger charge is -2.26. The predicted octanol–water partition coefficient (Wildman–Crippen LogP) is 17.1. The molecule has 0 saturated carbocycles. The van der Waals surface area contributed by atoms with Crippen molar-refractivity contribution in [3.05, 3.63) is 168 Å². The van der Waals surface area contributed by atoms with E-state index in [0.717, 1.165) is 0 Å². The summed E-state index contributed by atoms with van der Waals surface area (Å²) in [5.74, 6) is -92.4. The Kier molecular flexibility index (Phi) is 12.6. The average Bonchev–Trinajstić information content (AvgIpc) is 3.35. The highest BCUT2D eigenvalue weighted by molar-refractivity contribution is 5.91. The highest BCUT2D eigenvalue weighted by Crippen LogP contribution is 2.52. The molecule has 0 nitrogen and oxygen atoms in total. The van der Waals surface area contributed by atoms with E-state index >= 15 is 92.2 Å². The fraction of sp³-hybridized carbons (Fsp3) is 0.0667. The Morgan fingerprint density at radius 1 is 0.203 bits per heavy atom. The molecular weight excluding hydrogens is 1090 g/mol. The maximum Gasteiger partial charge on any atom is 0.198 e. The molecule has 0 spiro atoms. The second kappa shape index (κ2) is 17.6. The normalized spacial score (nSPS) is 14.8. The van der Waals surface area contributed by atoms with Crippen LogP contribution in [0, 0.1) is 157 Å². The molecule has 2 unspecified atom stereocenters. The number of hydrogen-bond donors (Lipinski definition) is 0. The standard InChI is InChI=1S/C45H5F29/c1-2-17(46)3-4(21(50)18(2)47)19(48)5(23(52)22(3)51)8-25(54)30(59)11(31(60)26(8)55)13-34(63)38(67)15(39(68)35(13)64)16-40(69)36(65)14(37(66)41(16)70)12-32(61)27(56)9(28(57)33(12)62)6-20(49)7-10(29(58)24(6)53)43(72)45(74)44(73)42(7)71/h2,17H,1H3. The Labute approximate surface area is 386 Å². The first-order chi connectivity index (χ1) is 34.3. The second-order valence-electron chi connectivity index (χ2n) is 15.3. The monoisotopic (exact) mass is 1100 g/mol. The summed E-state index contributed by atoms with van der Waals surface area (Å²) in [5, 5.41) is -5.00. The molecule has 0 bridgehead atoms. The minimum Gasteiger partial charge on any atom is -0.241 e. The lowest BCUT2D eigenvalue weighted by molar-refractivity contribution is 0.230. The highest BCUT2D eigenvalue weighted by atomic mass is 19.2. The number of benzene rings is 7. The van der Waals surface area contributed by atoms with E-state index in [9.17, 15) is 35.1 Å². The molecule has 7 aromatic rings. The summed E-state index contributed by atoms with van der Waals surface area (Å²) < 4.78 is 441. The predicted molar refractivity (Wildman–Crippen MR) is 192 cm³/mol. The van der Waals surface area contributed by atoms with Gasteiger partial charge in [0.05, 0.1) is 72.0 Å². The van der Waals surface area contributed by atoms with Gasteiger partial charge in [0.2, 0.25) is 0 Å². The van der Waals surface area contributed by atoms with Crippen molar-refractivity contribution >= 4 is 16.6 Å². The Morgan fingerprint density at radius 3 is 0.662 bits per heavy atom. The van der Waals surface area contributed by atoms with Gasteiger partial charge in [0.25, 0.3) is 0 Å². The van der Waals surface area contributed by atoms with Gasteiger partial charge in [-0.3, -0.25) is 0 Å². The quantitative estimate of drug-likeness (QED) is 0.0915. The van der Waals surface area contributed by atoms with Crippen LogP contribution in [0.4, 0.5) is 127 Å². The molecule has 0 heterocycles. The maximum atomic E-state index is 15.7.